The molecule has 0 unspecified atom stereocenters. The molecule has 1 heterocycles. The summed E-state index contributed by atoms with van der Waals surface area (Å²) < 4.78 is 0. The van der Waals surface area contributed by atoms with Crippen LogP contribution in [0.2, 0.25) is 0 Å². The molecule has 5 heteroatoms. The zero-order valence-corrected chi connectivity index (χ0v) is 11.2. The van der Waals surface area contributed by atoms with E-state index in [0.717, 1.165) is 28.8 Å². The van der Waals surface area contributed by atoms with Crippen LogP contribution in [0, 0.1) is 6.92 Å². The zero-order valence-electron chi connectivity index (χ0n) is 10.4. The van der Waals surface area contributed by atoms with Crippen molar-refractivity contribution in [1.82, 2.24) is 9.97 Å². The number of nitrogens with one attached hydrogen (secondary N) is 1. The van der Waals surface area contributed by atoms with Gasteiger partial charge in [0.25, 0.3) is 0 Å². The van der Waals surface area contributed by atoms with E-state index in [1.165, 1.54) is 12.8 Å². The number of hydrogen-bond donors (Lipinski definition) is 2. The Kier molecular flexibility index (Phi) is 4.23. The van der Waals surface area contributed by atoms with Crippen molar-refractivity contribution in [1.29, 1.82) is 0 Å². The molecule has 0 amide bonds. The largest absolute Gasteiger partial charge is 0.396 e. The summed E-state index contributed by atoms with van der Waals surface area (Å²) in [6.45, 7) is 5.16. The van der Waals surface area contributed by atoms with Gasteiger partial charge in [-0.3, -0.25) is 0 Å². The molecule has 0 saturated heterocycles. The third-order valence-electron chi connectivity index (χ3n) is 2.74. The van der Waals surface area contributed by atoms with Gasteiger partial charge in [0.05, 0.1) is 6.61 Å². The van der Waals surface area contributed by atoms with E-state index < -0.39 is 0 Å². The van der Waals surface area contributed by atoms with E-state index in [1.54, 1.807) is 11.8 Å². The number of thioether (sulfide) groups is 1. The monoisotopic (exact) mass is 253 g/mol. The van der Waals surface area contributed by atoms with Crippen molar-refractivity contribution < 1.29 is 5.11 Å². The topological polar surface area (TPSA) is 58.0 Å². The Morgan fingerprint density at radius 1 is 1.41 bits per heavy atom. The fraction of sp³-hybridized carbons (Fsp3) is 0.667. The number of aromatic nitrogens is 2. The molecule has 1 aliphatic rings. The van der Waals surface area contributed by atoms with Gasteiger partial charge < -0.3 is 10.4 Å². The van der Waals surface area contributed by atoms with Gasteiger partial charge in [-0.25, -0.2) is 9.97 Å². The summed E-state index contributed by atoms with van der Waals surface area (Å²) in [7, 11) is 0. The van der Waals surface area contributed by atoms with Crippen molar-refractivity contribution in [3.63, 3.8) is 0 Å². The first-order valence-corrected chi connectivity index (χ1v) is 7.10. The molecule has 0 radical (unpaired) electrons. The Labute approximate surface area is 106 Å². The van der Waals surface area contributed by atoms with Crippen LogP contribution in [-0.4, -0.2) is 34.0 Å². The highest BCUT2D eigenvalue weighted by atomic mass is 32.2. The zero-order chi connectivity index (χ0) is 12.3. The number of aliphatic hydroxyl groups is 1. The number of anilines is 1. The molecule has 1 fully saturated rings. The maximum absolute atomic E-state index is 8.90. The molecule has 1 aromatic heterocycles. The lowest BCUT2D eigenvalue weighted by atomic mass is 10.3. The number of hydrogen-bond acceptors (Lipinski definition) is 5. The Morgan fingerprint density at radius 3 is 2.76 bits per heavy atom. The highest BCUT2D eigenvalue weighted by molar-refractivity contribution is 7.99. The van der Waals surface area contributed by atoms with Crippen molar-refractivity contribution in [2.24, 2.45) is 0 Å². The average molecular weight is 253 g/mol. The molecule has 0 aromatic carbocycles. The minimum absolute atomic E-state index is 0.184. The van der Waals surface area contributed by atoms with Gasteiger partial charge in [-0.1, -0.05) is 0 Å². The molecule has 0 aliphatic heterocycles. The average Bonchev–Trinajstić information content (AvgIpc) is 3.14. The summed E-state index contributed by atoms with van der Waals surface area (Å²) in [6, 6.07) is 0. The summed E-state index contributed by atoms with van der Waals surface area (Å²) in [5.41, 5.74) is 1.09. The van der Waals surface area contributed by atoms with Gasteiger partial charge in [0.2, 0.25) is 0 Å². The van der Waals surface area contributed by atoms with Gasteiger partial charge in [0.15, 0.2) is 0 Å². The normalized spacial score (nSPS) is 15.0. The molecule has 0 atom stereocenters. The molecule has 0 spiro atoms. The lowest BCUT2D eigenvalue weighted by Gasteiger charge is -2.12. The number of nitrogens with zero attached hydrogens (tertiary/aromatic N) is 2. The van der Waals surface area contributed by atoms with Crippen LogP contribution in [0.15, 0.2) is 5.03 Å². The van der Waals surface area contributed by atoms with Crippen LogP contribution in [0.25, 0.3) is 0 Å². The number of rotatable bonds is 6. The molecule has 4 nitrogen and oxygen atoms in total. The van der Waals surface area contributed by atoms with E-state index in [4.69, 9.17) is 5.11 Å². The second-order valence-electron chi connectivity index (χ2n) is 4.24. The Hall–Kier alpha value is -0.810. The second-order valence-corrected chi connectivity index (χ2v) is 5.32. The Morgan fingerprint density at radius 2 is 2.18 bits per heavy atom. The smallest absolute Gasteiger partial charge is 0.135 e. The molecule has 1 saturated carbocycles. The van der Waals surface area contributed by atoms with Crippen LogP contribution in [-0.2, 0) is 0 Å². The van der Waals surface area contributed by atoms with E-state index in [0.29, 0.717) is 11.7 Å². The lowest BCUT2D eigenvalue weighted by molar-refractivity contribution is 0.322. The van der Waals surface area contributed by atoms with E-state index in [2.05, 4.69) is 22.2 Å². The standard InChI is InChI=1S/C12H19N3OS/c1-3-13-10-8(2)12(17-7-6-16)15-11(14-10)9-4-5-9/h9,16H,3-7H2,1-2H3,(H,13,14,15). The molecular formula is C12H19N3OS. The molecule has 17 heavy (non-hydrogen) atoms. The van der Waals surface area contributed by atoms with Crippen LogP contribution in [0.5, 0.6) is 0 Å². The second kappa shape index (κ2) is 5.69. The van der Waals surface area contributed by atoms with E-state index in [-0.39, 0.29) is 6.61 Å². The minimum atomic E-state index is 0.184. The van der Waals surface area contributed by atoms with Gasteiger partial charge in [0.1, 0.15) is 16.7 Å². The maximum atomic E-state index is 8.90. The fourth-order valence-corrected chi connectivity index (χ4v) is 2.41. The van der Waals surface area contributed by atoms with Crippen LogP contribution < -0.4 is 5.32 Å². The highest BCUT2D eigenvalue weighted by Gasteiger charge is 2.28. The van der Waals surface area contributed by atoms with E-state index in [1.807, 2.05) is 6.92 Å². The summed E-state index contributed by atoms with van der Waals surface area (Å²) in [6.07, 6.45) is 2.41. The predicted molar refractivity (Wildman–Crippen MR) is 70.7 cm³/mol. The van der Waals surface area contributed by atoms with Gasteiger partial charge in [-0.05, 0) is 26.7 Å². The van der Waals surface area contributed by atoms with Crippen molar-refractivity contribution in [2.45, 2.75) is 37.6 Å². The summed E-state index contributed by atoms with van der Waals surface area (Å²) in [5.74, 6) is 3.16. The quantitative estimate of drug-likeness (QED) is 0.601. The third kappa shape index (κ3) is 3.10. The fourth-order valence-electron chi connectivity index (χ4n) is 1.66. The summed E-state index contributed by atoms with van der Waals surface area (Å²) in [4.78, 5) is 9.21. The van der Waals surface area contributed by atoms with Gasteiger partial charge in [-0.15, -0.1) is 11.8 Å². The lowest BCUT2D eigenvalue weighted by Crippen LogP contribution is -2.07. The van der Waals surface area contributed by atoms with Crippen molar-refractivity contribution >= 4 is 17.6 Å². The molecule has 94 valence electrons. The molecule has 2 rings (SSSR count). The van der Waals surface area contributed by atoms with Gasteiger partial charge >= 0.3 is 0 Å². The van der Waals surface area contributed by atoms with Crippen molar-refractivity contribution in [3.8, 4) is 0 Å². The summed E-state index contributed by atoms with van der Waals surface area (Å²) >= 11 is 1.61. The van der Waals surface area contributed by atoms with Crippen molar-refractivity contribution in [3.05, 3.63) is 11.4 Å². The van der Waals surface area contributed by atoms with Crippen LogP contribution >= 0.6 is 11.8 Å². The van der Waals surface area contributed by atoms with Crippen molar-refractivity contribution in [2.75, 3.05) is 24.2 Å². The van der Waals surface area contributed by atoms with Gasteiger partial charge in [-0.2, -0.15) is 0 Å². The first-order valence-electron chi connectivity index (χ1n) is 6.12. The molecule has 2 N–H and O–H groups in total. The van der Waals surface area contributed by atoms with Crippen LogP contribution in [0.4, 0.5) is 5.82 Å². The summed E-state index contributed by atoms with van der Waals surface area (Å²) in [5, 5.41) is 13.2. The highest BCUT2D eigenvalue weighted by Crippen LogP contribution is 2.39. The Balaban J connectivity index is 2.27. The molecular weight excluding hydrogens is 234 g/mol. The minimum Gasteiger partial charge on any atom is -0.396 e. The van der Waals surface area contributed by atoms with E-state index in [9.17, 15) is 0 Å². The molecule has 1 aromatic rings. The predicted octanol–water partition coefficient (Wildman–Crippen LogP) is 2.18. The van der Waals surface area contributed by atoms with E-state index >= 15 is 0 Å². The number of aliphatic hydroxyl groups excluding tert-OH is 1. The molecule has 1 aliphatic carbocycles. The first kappa shape index (κ1) is 12.6. The van der Waals surface area contributed by atoms with Gasteiger partial charge in [0, 0.05) is 23.8 Å². The van der Waals surface area contributed by atoms with Crippen LogP contribution in [0.3, 0.4) is 0 Å². The first-order chi connectivity index (χ1) is 8.26. The third-order valence-corrected chi connectivity index (χ3v) is 3.79. The molecule has 0 bridgehead atoms. The van der Waals surface area contributed by atoms with Crippen LogP contribution in [0.1, 0.15) is 37.1 Å². The maximum Gasteiger partial charge on any atom is 0.135 e. The Bertz CT molecular complexity index is 394. The SMILES string of the molecule is CCNc1nc(C2CC2)nc(SCCO)c1C.